The van der Waals surface area contributed by atoms with E-state index in [4.69, 9.17) is 9.47 Å². The maximum atomic E-state index is 12.0. The Bertz CT molecular complexity index is 581. The topological polar surface area (TPSA) is 59.2 Å². The van der Waals surface area contributed by atoms with Crippen LogP contribution in [0.3, 0.4) is 0 Å². The summed E-state index contributed by atoms with van der Waals surface area (Å²) in [5.74, 6) is 1.65. The van der Waals surface area contributed by atoms with E-state index in [9.17, 15) is 13.2 Å². The van der Waals surface area contributed by atoms with Crippen LogP contribution in [0, 0.1) is 0 Å². The van der Waals surface area contributed by atoms with Crippen LogP contribution in [0.2, 0.25) is 0 Å². The second kappa shape index (κ2) is 4.86. The molecule has 3 rings (SSSR count). The summed E-state index contributed by atoms with van der Waals surface area (Å²) in [4.78, 5) is 7.17. The predicted octanol–water partition coefficient (Wildman–Crippen LogP) is 1.99. The van der Waals surface area contributed by atoms with Gasteiger partial charge in [0.2, 0.25) is 0 Å². The van der Waals surface area contributed by atoms with Crippen LogP contribution < -0.4 is 14.8 Å². The van der Waals surface area contributed by atoms with Crippen molar-refractivity contribution >= 4 is 11.0 Å². The number of fused-ring (bicyclic) bond motifs is 2. The average molecular weight is 287 g/mol. The normalized spacial score (nSPS) is 14.8. The van der Waals surface area contributed by atoms with Gasteiger partial charge in [-0.1, -0.05) is 0 Å². The fourth-order valence-electron chi connectivity index (χ4n) is 2.01. The quantitative estimate of drug-likeness (QED) is 0.906. The highest BCUT2D eigenvalue weighted by molar-refractivity contribution is 5.79. The lowest BCUT2D eigenvalue weighted by Gasteiger charge is -2.17. The van der Waals surface area contributed by atoms with Gasteiger partial charge in [0.25, 0.3) is 0 Å². The van der Waals surface area contributed by atoms with Crippen LogP contribution in [0.5, 0.6) is 11.5 Å². The summed E-state index contributed by atoms with van der Waals surface area (Å²) < 4.78 is 47.0. The molecule has 5 nitrogen and oxygen atoms in total. The van der Waals surface area contributed by atoms with E-state index in [2.05, 4.69) is 15.3 Å². The molecule has 1 aliphatic rings. The van der Waals surface area contributed by atoms with Gasteiger partial charge in [-0.15, -0.1) is 0 Å². The van der Waals surface area contributed by atoms with E-state index >= 15 is 0 Å². The Labute approximate surface area is 112 Å². The van der Waals surface area contributed by atoms with Gasteiger partial charge in [0, 0.05) is 12.1 Å². The molecule has 0 aliphatic carbocycles. The largest absolute Gasteiger partial charge is 0.486 e. The first-order valence-electron chi connectivity index (χ1n) is 6.07. The fraction of sp³-hybridized carbons (Fsp3) is 0.417. The van der Waals surface area contributed by atoms with Crippen LogP contribution in [0.1, 0.15) is 5.82 Å². The Hall–Kier alpha value is -1.96. The Kier molecular flexibility index (Phi) is 3.17. The number of hydrogen-bond donors (Lipinski definition) is 2. The minimum Gasteiger partial charge on any atom is -0.486 e. The summed E-state index contributed by atoms with van der Waals surface area (Å²) in [6.07, 6.45) is -4.23. The molecular formula is C12H12F3N3O2. The highest BCUT2D eigenvalue weighted by Crippen LogP contribution is 2.33. The highest BCUT2D eigenvalue weighted by Gasteiger charge is 2.26. The summed E-state index contributed by atoms with van der Waals surface area (Å²) >= 11 is 0. The molecule has 1 aromatic carbocycles. The van der Waals surface area contributed by atoms with Crippen LogP contribution in [-0.2, 0) is 6.54 Å². The first kappa shape index (κ1) is 13.0. The molecule has 2 N–H and O–H groups in total. The van der Waals surface area contributed by atoms with Crippen LogP contribution in [0.25, 0.3) is 11.0 Å². The molecule has 20 heavy (non-hydrogen) atoms. The van der Waals surface area contributed by atoms with Crippen LogP contribution in [0.15, 0.2) is 12.1 Å². The maximum Gasteiger partial charge on any atom is 0.401 e. The van der Waals surface area contributed by atoms with E-state index in [1.807, 2.05) is 0 Å². The lowest BCUT2D eigenvalue weighted by Crippen LogP contribution is -2.28. The molecule has 8 heteroatoms. The summed E-state index contributed by atoms with van der Waals surface area (Å²) in [6, 6.07) is 3.46. The zero-order valence-corrected chi connectivity index (χ0v) is 10.4. The van der Waals surface area contributed by atoms with Crippen molar-refractivity contribution in [3.05, 3.63) is 18.0 Å². The molecule has 2 aromatic rings. The second-order valence-corrected chi connectivity index (χ2v) is 4.42. The molecule has 0 spiro atoms. The monoisotopic (exact) mass is 287 g/mol. The summed E-state index contributed by atoms with van der Waals surface area (Å²) in [6.45, 7) is -0.0805. The third kappa shape index (κ3) is 2.79. The molecule has 0 saturated heterocycles. The van der Waals surface area contributed by atoms with Crippen LogP contribution in [-0.4, -0.2) is 35.9 Å². The lowest BCUT2D eigenvalue weighted by atomic mass is 10.2. The molecule has 0 amide bonds. The third-order valence-electron chi connectivity index (χ3n) is 2.81. The van der Waals surface area contributed by atoms with Gasteiger partial charge in [-0.25, -0.2) is 4.98 Å². The van der Waals surface area contributed by atoms with Crippen LogP contribution in [0.4, 0.5) is 13.2 Å². The van der Waals surface area contributed by atoms with Gasteiger partial charge in [-0.3, -0.25) is 0 Å². The molecule has 1 aromatic heterocycles. The minimum absolute atomic E-state index is 0.0145. The summed E-state index contributed by atoms with van der Waals surface area (Å²) in [5.41, 5.74) is 1.34. The van der Waals surface area contributed by atoms with E-state index < -0.39 is 12.7 Å². The molecule has 1 aliphatic heterocycles. The van der Waals surface area contributed by atoms with Crippen molar-refractivity contribution in [2.24, 2.45) is 0 Å². The van der Waals surface area contributed by atoms with E-state index in [-0.39, 0.29) is 6.54 Å². The second-order valence-electron chi connectivity index (χ2n) is 4.42. The number of benzene rings is 1. The Morgan fingerprint density at radius 3 is 2.60 bits per heavy atom. The molecule has 0 radical (unpaired) electrons. The summed E-state index contributed by atoms with van der Waals surface area (Å²) in [5, 5.41) is 2.29. The van der Waals surface area contributed by atoms with Crippen molar-refractivity contribution in [3.63, 3.8) is 0 Å². The molecule has 108 valence electrons. The number of aromatic amines is 1. The van der Waals surface area contributed by atoms with Gasteiger partial charge in [-0.05, 0) is 0 Å². The third-order valence-corrected chi connectivity index (χ3v) is 2.81. The van der Waals surface area contributed by atoms with E-state index in [0.717, 1.165) is 0 Å². The fourth-order valence-corrected chi connectivity index (χ4v) is 2.01. The predicted molar refractivity (Wildman–Crippen MR) is 64.8 cm³/mol. The molecule has 0 bridgehead atoms. The minimum atomic E-state index is -4.23. The number of halogens is 3. The number of imidazole rings is 1. The molecule has 0 fully saturated rings. The van der Waals surface area contributed by atoms with Crippen molar-refractivity contribution in [1.82, 2.24) is 15.3 Å². The number of rotatable bonds is 3. The number of aromatic nitrogens is 2. The molecule has 0 atom stereocenters. The Morgan fingerprint density at radius 2 is 1.90 bits per heavy atom. The van der Waals surface area contributed by atoms with Crippen molar-refractivity contribution in [2.45, 2.75) is 12.7 Å². The number of nitrogens with one attached hydrogen (secondary N) is 2. The number of ether oxygens (including phenoxy) is 2. The Balaban J connectivity index is 1.77. The van der Waals surface area contributed by atoms with Gasteiger partial charge in [0.15, 0.2) is 11.5 Å². The molecule has 0 saturated carbocycles. The highest BCUT2D eigenvalue weighted by atomic mass is 19.4. The van der Waals surface area contributed by atoms with Crippen molar-refractivity contribution in [2.75, 3.05) is 19.8 Å². The lowest BCUT2D eigenvalue weighted by molar-refractivity contribution is -0.125. The number of H-pyrrole nitrogens is 1. The number of hydrogen-bond acceptors (Lipinski definition) is 4. The SMILES string of the molecule is FC(F)(F)CNCc1nc2cc3c(cc2[nH]1)OCCO3. The standard InChI is InChI=1S/C12H12F3N3O2/c13-12(14,15)6-16-5-11-17-7-3-9-10(4-8(7)18-11)20-2-1-19-9/h3-4,16H,1-2,5-6H2,(H,17,18). The molecular weight excluding hydrogens is 275 g/mol. The van der Waals surface area contributed by atoms with E-state index in [0.29, 0.717) is 41.6 Å². The van der Waals surface area contributed by atoms with Gasteiger partial charge in [0.05, 0.1) is 24.1 Å². The van der Waals surface area contributed by atoms with Crippen molar-refractivity contribution in [1.29, 1.82) is 0 Å². The van der Waals surface area contributed by atoms with Gasteiger partial charge >= 0.3 is 6.18 Å². The number of nitrogens with zero attached hydrogens (tertiary/aromatic N) is 1. The maximum absolute atomic E-state index is 12.0. The van der Waals surface area contributed by atoms with Gasteiger partial charge < -0.3 is 19.8 Å². The smallest absolute Gasteiger partial charge is 0.401 e. The Morgan fingerprint density at radius 1 is 1.20 bits per heavy atom. The van der Waals surface area contributed by atoms with Crippen molar-refractivity contribution < 1.29 is 22.6 Å². The number of alkyl halides is 3. The van der Waals surface area contributed by atoms with Crippen molar-refractivity contribution in [3.8, 4) is 11.5 Å². The first-order valence-corrected chi connectivity index (χ1v) is 6.07. The van der Waals surface area contributed by atoms with E-state index in [1.54, 1.807) is 12.1 Å². The summed E-state index contributed by atoms with van der Waals surface area (Å²) in [7, 11) is 0. The molecule has 2 heterocycles. The van der Waals surface area contributed by atoms with Gasteiger partial charge in [0.1, 0.15) is 19.0 Å². The van der Waals surface area contributed by atoms with Crippen LogP contribution >= 0.6 is 0 Å². The zero-order valence-electron chi connectivity index (χ0n) is 10.4. The van der Waals surface area contributed by atoms with E-state index in [1.165, 1.54) is 0 Å². The molecule has 0 unspecified atom stereocenters. The zero-order chi connectivity index (χ0) is 14.2. The first-order chi connectivity index (χ1) is 9.51. The van der Waals surface area contributed by atoms with Gasteiger partial charge in [-0.2, -0.15) is 13.2 Å². The average Bonchev–Trinajstić information content (AvgIpc) is 2.75.